The molecule has 1 aliphatic rings. The Hall–Kier alpha value is -3.55. The van der Waals surface area contributed by atoms with Crippen LogP contribution in [0.3, 0.4) is 0 Å². The predicted molar refractivity (Wildman–Crippen MR) is 105 cm³/mol. The van der Waals surface area contributed by atoms with Gasteiger partial charge in [0.2, 0.25) is 5.91 Å². The molecule has 0 aliphatic carbocycles. The van der Waals surface area contributed by atoms with Gasteiger partial charge in [-0.25, -0.2) is 9.37 Å². The molecule has 2 amide bonds. The lowest BCUT2D eigenvalue weighted by Gasteiger charge is -2.09. The Kier molecular flexibility index (Phi) is 5.07. The van der Waals surface area contributed by atoms with Crippen LogP contribution in [0.15, 0.2) is 47.3 Å². The molecule has 1 aliphatic heterocycles. The second-order valence-electron chi connectivity index (χ2n) is 6.91. The minimum Gasteiger partial charge on any atom is -0.296 e. The summed E-state index contributed by atoms with van der Waals surface area (Å²) in [5, 5.41) is 0.459. The first kappa shape index (κ1) is 18.8. The van der Waals surface area contributed by atoms with Crippen LogP contribution in [0.1, 0.15) is 34.6 Å². The molecule has 0 saturated carbocycles. The van der Waals surface area contributed by atoms with Crippen LogP contribution in [0.4, 0.5) is 4.39 Å². The highest BCUT2D eigenvalue weighted by Gasteiger charge is 2.17. The molecular formula is C21H19FN4O3. The van der Waals surface area contributed by atoms with E-state index in [0.717, 1.165) is 18.7 Å². The minimum absolute atomic E-state index is 0.0311. The summed E-state index contributed by atoms with van der Waals surface area (Å²) in [6, 6.07) is 10.9. The van der Waals surface area contributed by atoms with Gasteiger partial charge in [0, 0.05) is 24.9 Å². The first-order valence-corrected chi connectivity index (χ1v) is 9.39. The number of hydrogen-bond donors (Lipinski definition) is 2. The number of benzene rings is 2. The van der Waals surface area contributed by atoms with Gasteiger partial charge in [-0.2, -0.15) is 0 Å². The zero-order valence-corrected chi connectivity index (χ0v) is 15.6. The molecule has 3 aromatic rings. The maximum Gasteiger partial charge on any atom is 0.269 e. The van der Waals surface area contributed by atoms with Gasteiger partial charge in [-0.1, -0.05) is 18.2 Å². The molecule has 2 heterocycles. The Morgan fingerprint density at radius 3 is 2.79 bits per heavy atom. The van der Waals surface area contributed by atoms with Crippen LogP contribution in [0.25, 0.3) is 10.9 Å². The van der Waals surface area contributed by atoms with E-state index in [9.17, 15) is 18.8 Å². The number of fused-ring (bicyclic) bond motifs is 2. The number of carbonyl (C=O) groups excluding carboxylic acids is 2. The molecule has 0 bridgehead atoms. The Labute approximate surface area is 165 Å². The van der Waals surface area contributed by atoms with Crippen LogP contribution < -0.4 is 16.4 Å². The van der Waals surface area contributed by atoms with Crippen LogP contribution in [0.2, 0.25) is 0 Å². The van der Waals surface area contributed by atoms with Crippen LogP contribution in [0.5, 0.6) is 0 Å². The van der Waals surface area contributed by atoms with E-state index >= 15 is 0 Å². The number of nitrogens with one attached hydrogen (secondary N) is 2. The van der Waals surface area contributed by atoms with E-state index in [0.29, 0.717) is 23.0 Å². The maximum absolute atomic E-state index is 13.6. The van der Waals surface area contributed by atoms with Gasteiger partial charge in [0.25, 0.3) is 11.5 Å². The van der Waals surface area contributed by atoms with Gasteiger partial charge in [0.15, 0.2) is 0 Å². The minimum atomic E-state index is -0.520. The number of aromatic nitrogens is 2. The van der Waals surface area contributed by atoms with Gasteiger partial charge in [-0.3, -0.25) is 29.8 Å². The summed E-state index contributed by atoms with van der Waals surface area (Å²) in [5.41, 5.74) is 5.74. The topological polar surface area (TPSA) is 93.1 Å². The number of halogens is 1. The Morgan fingerprint density at radius 1 is 1.14 bits per heavy atom. The lowest BCUT2D eigenvalue weighted by Crippen LogP contribution is -2.41. The number of hydrazine groups is 1. The van der Waals surface area contributed by atoms with Gasteiger partial charge in [0.1, 0.15) is 11.6 Å². The number of aryl methyl sites for hydroxylation is 2. The molecule has 148 valence electrons. The van der Waals surface area contributed by atoms with Crippen molar-refractivity contribution in [2.45, 2.75) is 32.2 Å². The number of amides is 2. The highest BCUT2D eigenvalue weighted by molar-refractivity contribution is 5.98. The van der Waals surface area contributed by atoms with E-state index in [1.165, 1.54) is 18.2 Å². The molecule has 0 radical (unpaired) electrons. The van der Waals surface area contributed by atoms with E-state index < -0.39 is 11.8 Å². The van der Waals surface area contributed by atoms with Gasteiger partial charge in [-0.05, 0) is 42.7 Å². The van der Waals surface area contributed by atoms with Crippen molar-refractivity contribution < 1.29 is 14.0 Å². The van der Waals surface area contributed by atoms with E-state index in [-0.39, 0.29) is 29.8 Å². The smallest absolute Gasteiger partial charge is 0.269 e. The fourth-order valence-electron chi connectivity index (χ4n) is 3.44. The van der Waals surface area contributed by atoms with Crippen molar-refractivity contribution in [1.82, 2.24) is 20.4 Å². The molecule has 0 saturated heterocycles. The van der Waals surface area contributed by atoms with Crippen molar-refractivity contribution in [3.05, 3.63) is 75.6 Å². The third-order valence-corrected chi connectivity index (χ3v) is 4.97. The molecule has 1 aromatic heterocycles. The fourth-order valence-corrected chi connectivity index (χ4v) is 3.44. The van der Waals surface area contributed by atoms with Crippen molar-refractivity contribution in [2.24, 2.45) is 0 Å². The summed E-state index contributed by atoms with van der Waals surface area (Å²) >= 11 is 0. The Morgan fingerprint density at radius 2 is 1.97 bits per heavy atom. The first-order valence-electron chi connectivity index (χ1n) is 9.39. The zero-order valence-electron chi connectivity index (χ0n) is 15.6. The summed E-state index contributed by atoms with van der Waals surface area (Å²) in [6.07, 6.45) is 1.87. The summed E-state index contributed by atoms with van der Waals surface area (Å²) in [5.74, 6) is -0.595. The van der Waals surface area contributed by atoms with Crippen LogP contribution in [-0.4, -0.2) is 21.4 Å². The SMILES string of the molecule is O=C(CCc1ccccc1F)NNC(=O)c1ccc2c(=O)n3c(nc2c1)CCC3. The third-order valence-electron chi connectivity index (χ3n) is 4.97. The van der Waals surface area contributed by atoms with E-state index in [2.05, 4.69) is 15.8 Å². The van der Waals surface area contributed by atoms with E-state index in [4.69, 9.17) is 0 Å². The summed E-state index contributed by atoms with van der Waals surface area (Å²) in [6.45, 7) is 0.665. The van der Waals surface area contributed by atoms with E-state index in [1.807, 2.05) is 0 Å². The largest absolute Gasteiger partial charge is 0.296 e. The van der Waals surface area contributed by atoms with Crippen molar-refractivity contribution in [3.8, 4) is 0 Å². The molecule has 0 spiro atoms. The van der Waals surface area contributed by atoms with Gasteiger partial charge in [-0.15, -0.1) is 0 Å². The van der Waals surface area contributed by atoms with Crippen LogP contribution in [-0.2, 0) is 24.2 Å². The zero-order chi connectivity index (χ0) is 20.4. The Balaban J connectivity index is 1.40. The first-order chi connectivity index (χ1) is 14.0. The predicted octanol–water partition coefficient (Wildman–Crippen LogP) is 1.88. The lowest BCUT2D eigenvalue weighted by molar-refractivity contribution is -0.121. The third kappa shape index (κ3) is 3.87. The average molecular weight is 394 g/mol. The second-order valence-corrected chi connectivity index (χ2v) is 6.91. The summed E-state index contributed by atoms with van der Waals surface area (Å²) in [7, 11) is 0. The van der Waals surface area contributed by atoms with Gasteiger partial charge in [0.05, 0.1) is 10.9 Å². The van der Waals surface area contributed by atoms with Crippen LogP contribution in [0, 0.1) is 5.82 Å². The number of hydrogen-bond acceptors (Lipinski definition) is 4. The average Bonchev–Trinajstić information content (AvgIpc) is 3.20. The molecule has 7 nitrogen and oxygen atoms in total. The lowest BCUT2D eigenvalue weighted by atomic mass is 10.1. The molecule has 2 N–H and O–H groups in total. The normalized spacial score (nSPS) is 12.6. The second kappa shape index (κ2) is 7.83. The number of nitrogens with zero attached hydrogens (tertiary/aromatic N) is 2. The van der Waals surface area contributed by atoms with Crippen molar-refractivity contribution in [2.75, 3.05) is 0 Å². The molecule has 8 heteroatoms. The van der Waals surface area contributed by atoms with E-state index in [1.54, 1.807) is 28.8 Å². The highest BCUT2D eigenvalue weighted by Crippen LogP contribution is 2.16. The number of carbonyl (C=O) groups is 2. The molecular weight excluding hydrogens is 375 g/mol. The van der Waals surface area contributed by atoms with Crippen molar-refractivity contribution >= 4 is 22.7 Å². The quantitative estimate of drug-likeness (QED) is 0.661. The van der Waals surface area contributed by atoms with Gasteiger partial charge < -0.3 is 0 Å². The Bertz CT molecular complexity index is 1170. The highest BCUT2D eigenvalue weighted by atomic mass is 19.1. The van der Waals surface area contributed by atoms with Gasteiger partial charge >= 0.3 is 0 Å². The van der Waals surface area contributed by atoms with Crippen molar-refractivity contribution in [3.63, 3.8) is 0 Å². The molecule has 2 aromatic carbocycles. The molecule has 0 atom stereocenters. The molecule has 4 rings (SSSR count). The maximum atomic E-state index is 13.6. The molecule has 0 unspecified atom stereocenters. The summed E-state index contributed by atoms with van der Waals surface area (Å²) in [4.78, 5) is 41.2. The summed E-state index contributed by atoms with van der Waals surface area (Å²) < 4.78 is 15.2. The van der Waals surface area contributed by atoms with Crippen molar-refractivity contribution in [1.29, 1.82) is 0 Å². The molecule has 0 fully saturated rings. The standard InChI is InChI=1S/C21H19FN4O3/c22-16-5-2-1-4-13(16)8-10-19(27)24-25-20(28)14-7-9-15-17(12-14)23-18-6-3-11-26(18)21(15)29/h1-2,4-5,7,9,12H,3,6,8,10-11H2,(H,24,27)(H,25,28). The monoisotopic (exact) mass is 394 g/mol. The fraction of sp³-hybridized carbons (Fsp3) is 0.238. The molecule has 29 heavy (non-hydrogen) atoms. The van der Waals surface area contributed by atoms with Crippen LogP contribution >= 0.6 is 0 Å². The number of rotatable bonds is 4.